The van der Waals surface area contributed by atoms with Gasteiger partial charge in [-0.1, -0.05) is 0 Å². The van der Waals surface area contributed by atoms with Gasteiger partial charge in [-0.15, -0.1) is 0 Å². The molecule has 0 aliphatic heterocycles. The maximum Gasteiger partial charge on any atom is 4.00 e. The van der Waals surface area contributed by atoms with Crippen LogP contribution in [0.4, 0.5) is 19.2 Å². The fraction of sp³-hybridized carbons (Fsp3) is 0. The van der Waals surface area contributed by atoms with E-state index in [4.69, 9.17) is 19.2 Å². The molecule has 0 aliphatic rings. The molecule has 4 amide bonds. The van der Waals surface area contributed by atoms with Crippen LogP contribution in [0.1, 0.15) is 0 Å². The Bertz CT molecular complexity index is 178. The first-order valence-electron chi connectivity index (χ1n) is 2.79. The maximum absolute atomic E-state index is 9.04. The van der Waals surface area contributed by atoms with Gasteiger partial charge in [0.05, 0.1) is 21.0 Å². The van der Waals surface area contributed by atoms with Crippen LogP contribution in [0, 0.1) is 0 Å². The molecule has 0 radical (unpaired) electrons. The van der Waals surface area contributed by atoms with E-state index in [1.165, 1.54) is 0 Å². The summed E-state index contributed by atoms with van der Waals surface area (Å²) < 4.78 is 0. The van der Waals surface area contributed by atoms with Crippen molar-refractivity contribution in [2.24, 2.45) is 22.9 Å². The van der Waals surface area contributed by atoms with Crippen LogP contribution in [-0.4, -0.2) is 21.0 Å². The SMILES string of the molecule is NC(=O)[S-].NC(=O)[S-].NC(=O)[S-].NC(=O)[S-].[Ti+4]. The maximum atomic E-state index is 9.04. The van der Waals surface area contributed by atoms with E-state index < -0.39 is 21.0 Å². The van der Waals surface area contributed by atoms with E-state index in [9.17, 15) is 0 Å². The summed E-state index contributed by atoms with van der Waals surface area (Å²) >= 11 is 15.0. The number of rotatable bonds is 0. The zero-order valence-corrected chi connectivity index (χ0v) is 12.9. The second-order valence-electron chi connectivity index (χ2n) is 1.28. The van der Waals surface area contributed by atoms with Crippen molar-refractivity contribution in [1.82, 2.24) is 0 Å². The zero-order valence-electron chi connectivity index (χ0n) is 8.08. The molecule has 0 aromatic carbocycles. The van der Waals surface area contributed by atoms with Crippen LogP contribution in [0.2, 0.25) is 0 Å². The third-order valence-electron chi connectivity index (χ3n) is 0. The van der Waals surface area contributed by atoms with Crippen LogP contribution in [0.5, 0.6) is 0 Å². The minimum atomic E-state index is -0.750. The molecule has 0 aliphatic carbocycles. The Balaban J connectivity index is -0.0000000369. The van der Waals surface area contributed by atoms with E-state index in [1.807, 2.05) is 0 Å². The molecule has 13 heteroatoms. The van der Waals surface area contributed by atoms with E-state index in [2.05, 4.69) is 73.4 Å². The molecule has 8 nitrogen and oxygen atoms in total. The van der Waals surface area contributed by atoms with Gasteiger partial charge >= 0.3 is 21.7 Å². The van der Waals surface area contributed by atoms with Crippen LogP contribution in [0.3, 0.4) is 0 Å². The number of primary amides is 4. The summed E-state index contributed by atoms with van der Waals surface area (Å²) in [7, 11) is 0. The van der Waals surface area contributed by atoms with Crippen molar-refractivity contribution in [2.75, 3.05) is 0 Å². The third-order valence-corrected chi connectivity index (χ3v) is 0. The van der Waals surface area contributed by atoms with Crippen LogP contribution >= 0.6 is 0 Å². The molecule has 0 heterocycles. The Morgan fingerprint density at radius 1 is 0.529 bits per heavy atom. The van der Waals surface area contributed by atoms with Crippen molar-refractivity contribution in [2.45, 2.75) is 0 Å². The summed E-state index contributed by atoms with van der Waals surface area (Å²) in [4.78, 5) is 36.1. The number of hydrogen-bond acceptors (Lipinski definition) is 8. The van der Waals surface area contributed by atoms with E-state index in [-0.39, 0.29) is 21.7 Å². The van der Waals surface area contributed by atoms with Crippen molar-refractivity contribution in [3.63, 3.8) is 0 Å². The quantitative estimate of drug-likeness (QED) is 0.299. The van der Waals surface area contributed by atoms with Crippen LogP contribution in [0.15, 0.2) is 0 Å². The smallest absolute Gasteiger partial charge is 0.719 e. The standard InChI is InChI=1S/4CH3NOS.Ti/c4*2-1(3)4;/h4*(H3,2,3,4);/q;;;;+4/p-4. The molecule has 96 valence electrons. The van der Waals surface area contributed by atoms with E-state index in [0.29, 0.717) is 0 Å². The summed E-state index contributed by atoms with van der Waals surface area (Å²) in [6.45, 7) is 0. The Morgan fingerprint density at radius 3 is 0.529 bits per heavy atom. The fourth-order valence-corrected chi connectivity index (χ4v) is 0. The predicted molar refractivity (Wildman–Crippen MR) is 67.8 cm³/mol. The molecule has 0 aromatic rings. The molecule has 17 heavy (non-hydrogen) atoms. The summed E-state index contributed by atoms with van der Waals surface area (Å²) in [6, 6.07) is 0. The summed E-state index contributed by atoms with van der Waals surface area (Å²) in [6.07, 6.45) is 0. The van der Waals surface area contributed by atoms with Gasteiger partial charge in [-0.05, 0) is 0 Å². The van der Waals surface area contributed by atoms with E-state index in [1.54, 1.807) is 0 Å². The first-order valence-corrected chi connectivity index (χ1v) is 4.42. The fourth-order valence-electron chi connectivity index (χ4n) is 0. The Kier molecular flexibility index (Phi) is 43.4. The molecular formula is C4H8N4O4S4Ti. The monoisotopic (exact) mass is 352 g/mol. The van der Waals surface area contributed by atoms with Gasteiger partial charge in [-0.25, -0.2) is 0 Å². The number of carbonyl (C=O) groups is 4. The minimum absolute atomic E-state index is 0. The Morgan fingerprint density at radius 2 is 0.529 bits per heavy atom. The summed E-state index contributed by atoms with van der Waals surface area (Å²) in [5.74, 6) is 0. The molecule has 0 saturated heterocycles. The van der Waals surface area contributed by atoms with Gasteiger partial charge in [0.15, 0.2) is 0 Å². The van der Waals surface area contributed by atoms with Crippen molar-refractivity contribution in [1.29, 1.82) is 0 Å². The molecule has 0 bridgehead atoms. The Labute approximate surface area is 134 Å². The van der Waals surface area contributed by atoms with Crippen LogP contribution in [-0.2, 0) is 72.2 Å². The Hall–Kier alpha value is -0.526. The average molecular weight is 352 g/mol. The van der Waals surface area contributed by atoms with Crippen molar-refractivity contribution >= 4 is 71.5 Å². The van der Waals surface area contributed by atoms with Gasteiger partial charge in [0.2, 0.25) is 0 Å². The molecule has 0 unspecified atom stereocenters. The number of amides is 4. The van der Waals surface area contributed by atoms with Gasteiger partial charge in [0, 0.05) is 0 Å². The molecule has 0 fully saturated rings. The zero-order chi connectivity index (χ0) is 14.3. The largest absolute Gasteiger partial charge is 4.00 e. The topological polar surface area (TPSA) is 172 Å². The minimum Gasteiger partial charge on any atom is -0.719 e. The van der Waals surface area contributed by atoms with Gasteiger partial charge in [0.1, 0.15) is 0 Å². The van der Waals surface area contributed by atoms with Gasteiger partial charge < -0.3 is 92.6 Å². The van der Waals surface area contributed by atoms with Gasteiger partial charge in [0.25, 0.3) is 0 Å². The normalized spacial score (nSPS) is 5.65. The molecular weight excluding hydrogens is 344 g/mol. The molecule has 0 spiro atoms. The second-order valence-corrected chi connectivity index (χ2v) is 2.89. The molecule has 8 N–H and O–H groups in total. The summed E-state index contributed by atoms with van der Waals surface area (Å²) in [5, 5.41) is -3.00. The van der Waals surface area contributed by atoms with Crippen molar-refractivity contribution in [3.8, 4) is 0 Å². The van der Waals surface area contributed by atoms with Gasteiger partial charge in [-0.2, -0.15) is 0 Å². The number of nitrogens with two attached hydrogens (primary N) is 4. The second kappa shape index (κ2) is 24.6. The molecule has 0 atom stereocenters. The predicted octanol–water partition coefficient (Wildman–Crippen LogP) is -1.55. The average Bonchev–Trinajstić information content (AvgIpc) is 1.76. The van der Waals surface area contributed by atoms with Crippen LogP contribution < -0.4 is 22.9 Å². The van der Waals surface area contributed by atoms with Crippen molar-refractivity contribution < 1.29 is 40.9 Å². The first kappa shape index (κ1) is 30.0. The van der Waals surface area contributed by atoms with Gasteiger partial charge in [-0.3, -0.25) is 0 Å². The van der Waals surface area contributed by atoms with E-state index >= 15 is 0 Å². The molecule has 0 saturated carbocycles. The number of carbonyl (C=O) groups excluding carboxylic acids is 4. The van der Waals surface area contributed by atoms with Crippen molar-refractivity contribution in [3.05, 3.63) is 0 Å². The van der Waals surface area contributed by atoms with E-state index in [0.717, 1.165) is 0 Å². The number of hydrogen-bond donors (Lipinski definition) is 4. The third kappa shape index (κ3) is 10200. The molecule has 0 aromatic heterocycles. The molecule has 0 rings (SSSR count). The summed E-state index contributed by atoms with van der Waals surface area (Å²) in [5.41, 5.74) is 17.1. The van der Waals surface area contributed by atoms with Crippen LogP contribution in [0.25, 0.3) is 0 Å². The first-order chi connectivity index (χ1) is 6.93.